The number of hydrogen-bond acceptors (Lipinski definition) is 4. The average molecular weight is 266 g/mol. The number of piperidine rings is 1. The van der Waals surface area contributed by atoms with Crippen LogP contribution in [0.15, 0.2) is 22.8 Å². The molecule has 1 fully saturated rings. The molecule has 19 heavy (non-hydrogen) atoms. The van der Waals surface area contributed by atoms with Gasteiger partial charge in [0, 0.05) is 26.7 Å². The zero-order valence-electron chi connectivity index (χ0n) is 12.1. The summed E-state index contributed by atoms with van der Waals surface area (Å²) in [5, 5.41) is 3.51. The van der Waals surface area contributed by atoms with Crippen LogP contribution in [0.4, 0.5) is 0 Å². The molecule has 1 aliphatic heterocycles. The molecule has 0 spiro atoms. The number of furan rings is 1. The van der Waals surface area contributed by atoms with Gasteiger partial charge in [-0.1, -0.05) is 0 Å². The number of rotatable bonds is 7. The summed E-state index contributed by atoms with van der Waals surface area (Å²) in [5.41, 5.74) is 0. The molecule has 1 aromatic heterocycles. The Morgan fingerprint density at radius 2 is 2.47 bits per heavy atom. The Kier molecular flexibility index (Phi) is 5.89. The fourth-order valence-electron chi connectivity index (χ4n) is 2.80. The number of nitrogens with one attached hydrogen (secondary N) is 1. The summed E-state index contributed by atoms with van der Waals surface area (Å²) in [6, 6.07) is 4.25. The van der Waals surface area contributed by atoms with Crippen molar-refractivity contribution in [1.29, 1.82) is 0 Å². The van der Waals surface area contributed by atoms with Crippen LogP contribution in [0, 0.1) is 5.92 Å². The van der Waals surface area contributed by atoms with Crippen LogP contribution in [0.1, 0.15) is 31.6 Å². The minimum atomic E-state index is 0.287. The first-order chi connectivity index (χ1) is 9.29. The Hall–Kier alpha value is -0.840. The molecule has 1 N–H and O–H groups in total. The van der Waals surface area contributed by atoms with Gasteiger partial charge < -0.3 is 19.4 Å². The molecule has 2 atom stereocenters. The fraction of sp³-hybridized carbons (Fsp3) is 0.733. The summed E-state index contributed by atoms with van der Waals surface area (Å²) in [6.45, 7) is 7.53. The molecule has 0 saturated carbocycles. The topological polar surface area (TPSA) is 37.6 Å². The number of ether oxygens (including phenoxy) is 1. The van der Waals surface area contributed by atoms with Gasteiger partial charge >= 0.3 is 0 Å². The second-order valence-electron chi connectivity index (χ2n) is 5.46. The van der Waals surface area contributed by atoms with Gasteiger partial charge in [-0.3, -0.25) is 0 Å². The van der Waals surface area contributed by atoms with E-state index in [-0.39, 0.29) is 6.04 Å². The highest BCUT2D eigenvalue weighted by atomic mass is 16.5. The summed E-state index contributed by atoms with van der Waals surface area (Å²) in [5.74, 6) is 1.72. The van der Waals surface area contributed by atoms with Gasteiger partial charge in [0.15, 0.2) is 0 Å². The van der Waals surface area contributed by atoms with E-state index >= 15 is 0 Å². The van der Waals surface area contributed by atoms with E-state index in [2.05, 4.69) is 17.1 Å². The molecule has 0 aromatic carbocycles. The number of likely N-dealkylation sites (tertiary alicyclic amines) is 1. The van der Waals surface area contributed by atoms with E-state index in [0.29, 0.717) is 5.92 Å². The molecule has 4 heteroatoms. The number of methoxy groups -OCH3 is 1. The maximum atomic E-state index is 5.39. The highest BCUT2D eigenvalue weighted by molar-refractivity contribution is 5.02. The molecule has 1 aliphatic rings. The largest absolute Gasteiger partial charge is 0.468 e. The quantitative estimate of drug-likeness (QED) is 0.821. The van der Waals surface area contributed by atoms with Crippen molar-refractivity contribution in [2.24, 2.45) is 5.92 Å². The fourth-order valence-corrected chi connectivity index (χ4v) is 2.80. The maximum absolute atomic E-state index is 5.39. The molecule has 2 rings (SSSR count). The van der Waals surface area contributed by atoms with E-state index in [1.54, 1.807) is 13.4 Å². The van der Waals surface area contributed by atoms with E-state index in [4.69, 9.17) is 9.15 Å². The van der Waals surface area contributed by atoms with Crippen LogP contribution < -0.4 is 5.32 Å². The van der Waals surface area contributed by atoms with Crippen LogP contribution in [0.25, 0.3) is 0 Å². The molecule has 108 valence electrons. The predicted molar refractivity (Wildman–Crippen MR) is 76.2 cm³/mol. The lowest BCUT2D eigenvalue weighted by molar-refractivity contribution is 0.0907. The molecule has 2 unspecified atom stereocenters. The molecule has 1 aromatic rings. The monoisotopic (exact) mass is 266 g/mol. The normalized spacial score (nSPS) is 22.5. The summed E-state index contributed by atoms with van der Waals surface area (Å²) in [7, 11) is 1.80. The van der Waals surface area contributed by atoms with Crippen LogP contribution in [0.2, 0.25) is 0 Å². The third-order valence-corrected chi connectivity index (χ3v) is 3.85. The van der Waals surface area contributed by atoms with Crippen LogP contribution in [0.3, 0.4) is 0 Å². The Morgan fingerprint density at radius 3 is 3.21 bits per heavy atom. The van der Waals surface area contributed by atoms with Gasteiger partial charge in [-0.15, -0.1) is 0 Å². The molecular weight excluding hydrogens is 240 g/mol. The number of nitrogens with zero attached hydrogens (tertiary/aromatic N) is 1. The van der Waals surface area contributed by atoms with E-state index in [9.17, 15) is 0 Å². The molecule has 2 heterocycles. The summed E-state index contributed by atoms with van der Waals surface area (Å²) in [4.78, 5) is 2.54. The summed E-state index contributed by atoms with van der Waals surface area (Å²) in [6.07, 6.45) is 4.33. The lowest BCUT2D eigenvalue weighted by Crippen LogP contribution is -2.41. The lowest BCUT2D eigenvalue weighted by Gasteiger charge is -2.32. The van der Waals surface area contributed by atoms with E-state index in [1.165, 1.54) is 25.9 Å². The van der Waals surface area contributed by atoms with Crippen molar-refractivity contribution in [3.05, 3.63) is 24.2 Å². The zero-order chi connectivity index (χ0) is 13.5. The van der Waals surface area contributed by atoms with Gasteiger partial charge in [0.25, 0.3) is 0 Å². The van der Waals surface area contributed by atoms with Crippen molar-refractivity contribution in [1.82, 2.24) is 10.2 Å². The van der Waals surface area contributed by atoms with Crippen molar-refractivity contribution < 1.29 is 9.15 Å². The van der Waals surface area contributed by atoms with Crippen molar-refractivity contribution in [3.63, 3.8) is 0 Å². The molecule has 0 amide bonds. The summed E-state index contributed by atoms with van der Waals surface area (Å²) >= 11 is 0. The third kappa shape index (κ3) is 4.64. The van der Waals surface area contributed by atoms with Crippen molar-refractivity contribution in [2.75, 3.05) is 39.9 Å². The first-order valence-corrected chi connectivity index (χ1v) is 7.27. The van der Waals surface area contributed by atoms with Crippen molar-refractivity contribution in [3.8, 4) is 0 Å². The second-order valence-corrected chi connectivity index (χ2v) is 5.46. The Balaban J connectivity index is 1.65. The van der Waals surface area contributed by atoms with Gasteiger partial charge in [0.2, 0.25) is 0 Å². The molecule has 0 aliphatic carbocycles. The van der Waals surface area contributed by atoms with Crippen LogP contribution in [0.5, 0.6) is 0 Å². The first kappa shape index (κ1) is 14.6. The second kappa shape index (κ2) is 7.68. The van der Waals surface area contributed by atoms with E-state index < -0.39 is 0 Å². The van der Waals surface area contributed by atoms with E-state index in [1.807, 2.05) is 12.1 Å². The number of hydrogen-bond donors (Lipinski definition) is 1. The minimum absolute atomic E-state index is 0.287. The first-order valence-electron chi connectivity index (χ1n) is 7.27. The van der Waals surface area contributed by atoms with Gasteiger partial charge in [-0.25, -0.2) is 0 Å². The maximum Gasteiger partial charge on any atom is 0.120 e. The molecule has 0 radical (unpaired) electrons. The standard InChI is InChI=1S/C15H26N2O2/c1-13(15-6-4-10-19-15)16-7-9-17-8-3-5-14(11-17)12-18-2/h4,6,10,13-14,16H,3,5,7-9,11-12H2,1-2H3. The van der Waals surface area contributed by atoms with Crippen molar-refractivity contribution in [2.45, 2.75) is 25.8 Å². The van der Waals surface area contributed by atoms with Gasteiger partial charge in [0.05, 0.1) is 18.9 Å². The van der Waals surface area contributed by atoms with Crippen LogP contribution >= 0.6 is 0 Å². The van der Waals surface area contributed by atoms with Gasteiger partial charge in [0.1, 0.15) is 5.76 Å². The minimum Gasteiger partial charge on any atom is -0.468 e. The van der Waals surface area contributed by atoms with Crippen molar-refractivity contribution >= 4 is 0 Å². The molecule has 1 saturated heterocycles. The smallest absolute Gasteiger partial charge is 0.120 e. The molecule has 4 nitrogen and oxygen atoms in total. The highest BCUT2D eigenvalue weighted by Crippen LogP contribution is 2.16. The Morgan fingerprint density at radius 1 is 1.58 bits per heavy atom. The average Bonchev–Trinajstić information content (AvgIpc) is 2.93. The van der Waals surface area contributed by atoms with Crippen LogP contribution in [-0.4, -0.2) is 44.8 Å². The Bertz CT molecular complexity index is 338. The Labute approximate surface area is 116 Å². The molecular formula is C15H26N2O2. The van der Waals surface area contributed by atoms with Crippen LogP contribution in [-0.2, 0) is 4.74 Å². The summed E-state index contributed by atoms with van der Waals surface area (Å²) < 4.78 is 10.7. The SMILES string of the molecule is COCC1CCCN(CCNC(C)c2ccco2)C1. The predicted octanol–water partition coefficient (Wildman–Crippen LogP) is 2.29. The highest BCUT2D eigenvalue weighted by Gasteiger charge is 2.19. The lowest BCUT2D eigenvalue weighted by atomic mass is 9.99. The van der Waals surface area contributed by atoms with Gasteiger partial charge in [-0.2, -0.15) is 0 Å². The van der Waals surface area contributed by atoms with E-state index in [0.717, 1.165) is 25.5 Å². The van der Waals surface area contributed by atoms with Gasteiger partial charge in [-0.05, 0) is 44.4 Å². The third-order valence-electron chi connectivity index (χ3n) is 3.85. The molecule has 0 bridgehead atoms. The zero-order valence-corrected chi connectivity index (χ0v) is 12.1.